The number of hydrogen-bond acceptors (Lipinski definition) is 4. The number of methoxy groups -OCH3 is 1. The van der Waals surface area contributed by atoms with Crippen molar-refractivity contribution in [2.24, 2.45) is 0 Å². The van der Waals surface area contributed by atoms with E-state index < -0.39 is 0 Å². The molecule has 0 saturated heterocycles. The van der Waals surface area contributed by atoms with Gasteiger partial charge in [0.25, 0.3) is 0 Å². The van der Waals surface area contributed by atoms with E-state index in [2.05, 4.69) is 24.9 Å². The molecular formula is C16H20N2O2. The predicted molar refractivity (Wildman–Crippen MR) is 80.4 cm³/mol. The van der Waals surface area contributed by atoms with Gasteiger partial charge >= 0.3 is 0 Å². The van der Waals surface area contributed by atoms with E-state index in [0.717, 1.165) is 12.2 Å². The van der Waals surface area contributed by atoms with Crippen LogP contribution in [0.5, 0.6) is 17.5 Å². The molecule has 0 saturated carbocycles. The van der Waals surface area contributed by atoms with Gasteiger partial charge in [-0.3, -0.25) is 0 Å². The average molecular weight is 272 g/mol. The highest BCUT2D eigenvalue weighted by Gasteiger charge is 2.11. The largest absolute Gasteiger partial charge is 0.479 e. The van der Waals surface area contributed by atoms with Gasteiger partial charge in [-0.2, -0.15) is 4.98 Å². The minimum atomic E-state index is 0.378. The smallest absolute Gasteiger partial charge is 0.240 e. The summed E-state index contributed by atoms with van der Waals surface area (Å²) < 4.78 is 11.0. The van der Waals surface area contributed by atoms with Gasteiger partial charge < -0.3 is 15.2 Å². The highest BCUT2D eigenvalue weighted by atomic mass is 16.5. The molecule has 0 bridgehead atoms. The van der Waals surface area contributed by atoms with Crippen LogP contribution >= 0.6 is 0 Å². The van der Waals surface area contributed by atoms with Gasteiger partial charge in [-0.1, -0.05) is 32.0 Å². The second-order valence-electron chi connectivity index (χ2n) is 4.70. The van der Waals surface area contributed by atoms with E-state index in [9.17, 15) is 0 Å². The van der Waals surface area contributed by atoms with Gasteiger partial charge in [0, 0.05) is 6.07 Å². The molecule has 1 heterocycles. The molecule has 4 heteroatoms. The SMILES string of the molecule is CCC(C)c1ccccc1Oc1ccc(N)c(OC)n1. The third kappa shape index (κ3) is 3.02. The van der Waals surface area contributed by atoms with Gasteiger partial charge in [0.2, 0.25) is 11.8 Å². The lowest BCUT2D eigenvalue weighted by Crippen LogP contribution is -1.99. The van der Waals surface area contributed by atoms with E-state index in [1.807, 2.05) is 18.2 Å². The number of para-hydroxylation sites is 1. The molecule has 1 aromatic carbocycles. The second-order valence-corrected chi connectivity index (χ2v) is 4.70. The molecule has 1 atom stereocenters. The summed E-state index contributed by atoms with van der Waals surface area (Å²) in [6.07, 6.45) is 1.05. The molecule has 1 aromatic heterocycles. The molecule has 2 N–H and O–H groups in total. The van der Waals surface area contributed by atoms with Crippen LogP contribution in [-0.4, -0.2) is 12.1 Å². The van der Waals surface area contributed by atoms with Crippen LogP contribution in [0.2, 0.25) is 0 Å². The third-order valence-electron chi connectivity index (χ3n) is 3.33. The first-order chi connectivity index (χ1) is 9.65. The van der Waals surface area contributed by atoms with Gasteiger partial charge in [0.15, 0.2) is 0 Å². The van der Waals surface area contributed by atoms with Crippen molar-refractivity contribution < 1.29 is 9.47 Å². The Hall–Kier alpha value is -2.23. The highest BCUT2D eigenvalue weighted by Crippen LogP contribution is 2.32. The van der Waals surface area contributed by atoms with E-state index >= 15 is 0 Å². The van der Waals surface area contributed by atoms with E-state index in [0.29, 0.717) is 23.4 Å². The average Bonchev–Trinajstić information content (AvgIpc) is 2.49. The first-order valence-corrected chi connectivity index (χ1v) is 6.73. The van der Waals surface area contributed by atoms with Gasteiger partial charge in [-0.05, 0) is 30.0 Å². The van der Waals surface area contributed by atoms with E-state index in [4.69, 9.17) is 15.2 Å². The van der Waals surface area contributed by atoms with Crippen LogP contribution in [0, 0.1) is 0 Å². The lowest BCUT2D eigenvalue weighted by molar-refractivity contribution is 0.384. The normalized spacial score (nSPS) is 11.9. The number of ether oxygens (including phenoxy) is 2. The van der Waals surface area contributed by atoms with E-state index in [1.165, 1.54) is 12.7 Å². The molecule has 4 nitrogen and oxygen atoms in total. The zero-order chi connectivity index (χ0) is 14.5. The molecule has 106 valence electrons. The highest BCUT2D eigenvalue weighted by molar-refractivity contribution is 5.50. The number of nitrogen functional groups attached to an aromatic ring is 1. The summed E-state index contributed by atoms with van der Waals surface area (Å²) in [6.45, 7) is 4.34. The molecule has 20 heavy (non-hydrogen) atoms. The molecule has 2 aromatic rings. The Kier molecular flexibility index (Phi) is 4.45. The number of rotatable bonds is 5. The maximum Gasteiger partial charge on any atom is 0.240 e. The molecule has 2 rings (SSSR count). The Morgan fingerprint density at radius 1 is 1.20 bits per heavy atom. The zero-order valence-corrected chi connectivity index (χ0v) is 12.1. The maximum absolute atomic E-state index is 5.88. The summed E-state index contributed by atoms with van der Waals surface area (Å²) >= 11 is 0. The summed E-state index contributed by atoms with van der Waals surface area (Å²) in [6, 6.07) is 11.5. The Bertz CT molecular complexity index is 584. The first kappa shape index (κ1) is 14.2. The van der Waals surface area contributed by atoms with Crippen molar-refractivity contribution in [2.75, 3.05) is 12.8 Å². The number of benzene rings is 1. The fourth-order valence-corrected chi connectivity index (χ4v) is 1.97. The standard InChI is InChI=1S/C16H20N2O2/c1-4-11(2)12-7-5-6-8-14(12)20-15-10-9-13(17)16(18-15)19-3/h5-11H,4,17H2,1-3H3. The van der Waals surface area contributed by atoms with Crippen LogP contribution in [0.25, 0.3) is 0 Å². The Labute approximate surface area is 119 Å². The summed E-state index contributed by atoms with van der Waals surface area (Å²) in [5.41, 5.74) is 7.42. The molecular weight excluding hydrogens is 252 g/mol. The summed E-state index contributed by atoms with van der Waals surface area (Å²) in [7, 11) is 1.54. The summed E-state index contributed by atoms with van der Waals surface area (Å²) in [5.74, 6) is 2.11. The first-order valence-electron chi connectivity index (χ1n) is 6.73. The van der Waals surface area contributed by atoms with E-state index in [-0.39, 0.29) is 0 Å². The molecule has 0 aliphatic carbocycles. The minimum Gasteiger partial charge on any atom is -0.479 e. The number of nitrogens with two attached hydrogens (primary N) is 1. The maximum atomic E-state index is 5.88. The predicted octanol–water partition coefficient (Wildman–Crippen LogP) is 3.98. The third-order valence-corrected chi connectivity index (χ3v) is 3.33. The molecule has 0 amide bonds. The van der Waals surface area contributed by atoms with Crippen molar-refractivity contribution in [2.45, 2.75) is 26.2 Å². The fourth-order valence-electron chi connectivity index (χ4n) is 1.97. The number of anilines is 1. The number of pyridine rings is 1. The minimum absolute atomic E-state index is 0.378. The quantitative estimate of drug-likeness (QED) is 0.894. The Balaban J connectivity index is 2.30. The van der Waals surface area contributed by atoms with Crippen molar-refractivity contribution in [3.05, 3.63) is 42.0 Å². The lowest BCUT2D eigenvalue weighted by atomic mass is 9.98. The summed E-state index contributed by atoms with van der Waals surface area (Å²) in [5, 5.41) is 0. The second kappa shape index (κ2) is 6.28. The van der Waals surface area contributed by atoms with Crippen molar-refractivity contribution in [3.8, 4) is 17.5 Å². The van der Waals surface area contributed by atoms with Crippen LogP contribution in [0.15, 0.2) is 36.4 Å². The van der Waals surface area contributed by atoms with E-state index in [1.54, 1.807) is 12.1 Å². The van der Waals surface area contributed by atoms with Crippen LogP contribution in [0.1, 0.15) is 31.7 Å². The van der Waals surface area contributed by atoms with Crippen LogP contribution < -0.4 is 15.2 Å². The van der Waals surface area contributed by atoms with Gasteiger partial charge in [-0.25, -0.2) is 0 Å². The molecule has 1 unspecified atom stereocenters. The van der Waals surface area contributed by atoms with Gasteiger partial charge in [0.05, 0.1) is 12.8 Å². The van der Waals surface area contributed by atoms with Gasteiger partial charge in [-0.15, -0.1) is 0 Å². The molecule has 0 aliphatic heterocycles. The van der Waals surface area contributed by atoms with Crippen LogP contribution in [0.4, 0.5) is 5.69 Å². The van der Waals surface area contributed by atoms with Crippen molar-refractivity contribution in [1.29, 1.82) is 0 Å². The van der Waals surface area contributed by atoms with Crippen molar-refractivity contribution in [3.63, 3.8) is 0 Å². The number of nitrogens with zero attached hydrogens (tertiary/aromatic N) is 1. The Morgan fingerprint density at radius 2 is 1.95 bits per heavy atom. The fraction of sp³-hybridized carbons (Fsp3) is 0.312. The van der Waals surface area contributed by atoms with Crippen molar-refractivity contribution in [1.82, 2.24) is 4.98 Å². The number of aromatic nitrogens is 1. The Morgan fingerprint density at radius 3 is 2.65 bits per heavy atom. The molecule has 0 aliphatic rings. The summed E-state index contributed by atoms with van der Waals surface area (Å²) in [4.78, 5) is 4.24. The molecule has 0 radical (unpaired) electrons. The molecule has 0 spiro atoms. The molecule has 0 fully saturated rings. The monoisotopic (exact) mass is 272 g/mol. The van der Waals surface area contributed by atoms with Crippen LogP contribution in [0.3, 0.4) is 0 Å². The topological polar surface area (TPSA) is 57.4 Å². The lowest BCUT2D eigenvalue weighted by Gasteiger charge is -2.15. The van der Waals surface area contributed by atoms with Crippen LogP contribution in [-0.2, 0) is 0 Å². The number of hydrogen-bond donors (Lipinski definition) is 1. The van der Waals surface area contributed by atoms with Gasteiger partial charge in [0.1, 0.15) is 5.75 Å². The zero-order valence-electron chi connectivity index (χ0n) is 12.1. The van der Waals surface area contributed by atoms with Crippen molar-refractivity contribution >= 4 is 5.69 Å².